The number of fused-ring (bicyclic) bond motifs is 5. The van der Waals surface area contributed by atoms with E-state index in [1.54, 1.807) is 0 Å². The Bertz CT molecular complexity index is 4070. The average Bonchev–Trinajstić information content (AvgIpc) is 1.02. The Balaban J connectivity index is 0.000000299. The van der Waals surface area contributed by atoms with Crippen molar-refractivity contribution in [2.75, 3.05) is 0 Å². The van der Waals surface area contributed by atoms with Crippen LogP contribution in [0, 0.1) is 41.8 Å². The van der Waals surface area contributed by atoms with Gasteiger partial charge < -0.3 is 50.3 Å². The molecular weight excluding hydrogens is 1370 g/mol. The second-order valence-corrected chi connectivity index (χ2v) is 22.2. The molecule has 0 N–H and O–H groups in total. The van der Waals surface area contributed by atoms with E-state index in [-0.39, 0.29) is 93.5 Å². The Kier molecular flexibility index (Phi) is 25.5. The van der Waals surface area contributed by atoms with Crippen molar-refractivity contribution in [2.24, 2.45) is 0 Å². The molecule has 2 aromatic heterocycles. The minimum Gasteiger partial charge on any atom is -0.673 e. The van der Waals surface area contributed by atoms with Crippen LogP contribution in [0.25, 0.3) is 76.2 Å². The number of nitrogens with zero attached hydrogens (tertiary/aromatic N) is 4. The molecule has 2 atom stereocenters. The largest absolute Gasteiger partial charge is 0.673 e. The maximum absolute atomic E-state index is 5.72. The predicted octanol–water partition coefficient (Wildman–Crippen LogP) is 23.6. The molecule has 436 valence electrons. The molecule has 0 aliphatic rings. The van der Waals surface area contributed by atoms with Crippen molar-refractivity contribution < 1.29 is 51.7 Å². The van der Waals surface area contributed by atoms with Crippen molar-refractivity contribution in [1.82, 2.24) is 9.97 Å². The third-order valence-electron chi connectivity index (χ3n) is 15.5. The van der Waals surface area contributed by atoms with E-state index in [9.17, 15) is 0 Å². The average molecular weight is 1450 g/mol. The van der Waals surface area contributed by atoms with Crippen LogP contribution in [0.5, 0.6) is 0 Å². The maximum atomic E-state index is 5.72. The third kappa shape index (κ3) is 14.8. The minimum absolute atomic E-state index is 0. The van der Waals surface area contributed by atoms with Gasteiger partial charge in [-0.1, -0.05) is 288 Å². The smallest absolute Gasteiger partial charge is 0.0196 e. The van der Waals surface area contributed by atoms with E-state index in [0.717, 1.165) is 61.6 Å². The van der Waals surface area contributed by atoms with E-state index >= 15 is 0 Å². The van der Waals surface area contributed by atoms with E-state index < -0.39 is 0 Å². The zero-order valence-corrected chi connectivity index (χ0v) is 59.4. The minimum atomic E-state index is -0.308. The third-order valence-corrected chi connectivity index (χ3v) is 15.5. The molecular formula is C80H80Hf2N4-8. The molecule has 6 heteroatoms. The van der Waals surface area contributed by atoms with Gasteiger partial charge in [-0.3, -0.25) is 0 Å². The van der Waals surface area contributed by atoms with Crippen LogP contribution in [0.15, 0.2) is 231 Å². The number of para-hydroxylation sites is 2. The summed E-state index contributed by atoms with van der Waals surface area (Å²) in [6.07, 6.45) is 0. The van der Waals surface area contributed by atoms with E-state index in [0.29, 0.717) is 23.7 Å². The fraction of sp³-hybridized carbons (Fsp3) is 0.175. The Morgan fingerprint density at radius 3 is 1.13 bits per heavy atom. The maximum Gasteiger partial charge on any atom is 0.0196 e. The Hall–Kier alpha value is -7.12. The van der Waals surface area contributed by atoms with Crippen molar-refractivity contribution in [3.05, 3.63) is 328 Å². The molecule has 0 fully saturated rings. The van der Waals surface area contributed by atoms with Gasteiger partial charge in [0.25, 0.3) is 0 Å². The van der Waals surface area contributed by atoms with Crippen molar-refractivity contribution in [1.29, 1.82) is 0 Å². The summed E-state index contributed by atoms with van der Waals surface area (Å²) in [7, 11) is 0. The van der Waals surface area contributed by atoms with Crippen LogP contribution in [-0.2, 0) is 51.7 Å². The van der Waals surface area contributed by atoms with Crippen LogP contribution in [0.1, 0.15) is 136 Å². The standard InChI is InChI=1S/C42H36N2.C34H32N2.4CH3.2Hf/c1-27(2)31-21-12-22-32(28(3)4)41(31)44-42(38-26-30-15-6-8-18-34(30)35-19-9-10-20-36(35)38)40-25-13-24-39(43-40)37-23-11-16-29-14-5-7-17-33(29)37;1-23(2)27-18-11-19-28(24(3)4)34(27)36-33(26-14-6-5-7-15-26)32-22-12-21-31(35-32)30-20-10-16-25-13-8-9-17-29(25)30;;;;;;/h5-22,24-28,42H,1-4H3;5-19,21-24,33H,1-4H3;4*1H3;;/q2*-2;4*-1;;. The zero-order chi connectivity index (χ0) is 55.3. The van der Waals surface area contributed by atoms with Crippen LogP contribution in [0.3, 0.4) is 0 Å². The first kappa shape index (κ1) is 69.6. The summed E-state index contributed by atoms with van der Waals surface area (Å²) in [5.41, 5.74) is 15.3. The molecule has 0 aliphatic carbocycles. The van der Waals surface area contributed by atoms with Crippen LogP contribution in [0.2, 0.25) is 0 Å². The van der Waals surface area contributed by atoms with E-state index in [4.69, 9.17) is 20.6 Å². The molecule has 0 saturated heterocycles. The first-order chi connectivity index (χ1) is 39.0. The van der Waals surface area contributed by atoms with Gasteiger partial charge in [0.15, 0.2) is 0 Å². The molecule has 12 aromatic rings. The quantitative estimate of drug-likeness (QED) is 0.0619. The molecule has 4 nitrogen and oxygen atoms in total. The van der Waals surface area contributed by atoms with E-state index in [1.165, 1.54) is 60.1 Å². The number of pyridine rings is 2. The molecule has 86 heavy (non-hydrogen) atoms. The molecule has 0 aliphatic heterocycles. The summed E-state index contributed by atoms with van der Waals surface area (Å²) in [6.45, 7) is 18.0. The monoisotopic (exact) mass is 1460 g/mol. The second kappa shape index (κ2) is 31.5. The van der Waals surface area contributed by atoms with Gasteiger partial charge in [-0.25, -0.2) is 0 Å². The van der Waals surface area contributed by atoms with Crippen molar-refractivity contribution in [2.45, 2.75) is 91.1 Å². The Morgan fingerprint density at radius 1 is 0.314 bits per heavy atom. The first-order valence-electron chi connectivity index (χ1n) is 28.4. The summed E-state index contributed by atoms with van der Waals surface area (Å²) in [4.78, 5) is 10.6. The topological polar surface area (TPSA) is 54.0 Å². The number of aromatic nitrogens is 2. The fourth-order valence-corrected chi connectivity index (χ4v) is 11.4. The predicted molar refractivity (Wildman–Crippen MR) is 365 cm³/mol. The van der Waals surface area contributed by atoms with Crippen molar-refractivity contribution in [3.8, 4) is 22.5 Å². The van der Waals surface area contributed by atoms with Crippen molar-refractivity contribution in [3.63, 3.8) is 0 Å². The number of benzene rings is 10. The van der Waals surface area contributed by atoms with Gasteiger partial charge in [0.2, 0.25) is 0 Å². The van der Waals surface area contributed by atoms with Gasteiger partial charge in [0.05, 0.1) is 0 Å². The van der Waals surface area contributed by atoms with E-state index in [2.05, 4.69) is 286 Å². The molecule has 2 unspecified atom stereocenters. The van der Waals surface area contributed by atoms with Crippen molar-refractivity contribution >= 4 is 54.5 Å². The molecule has 0 spiro atoms. The summed E-state index contributed by atoms with van der Waals surface area (Å²) >= 11 is 0. The molecule has 10 aromatic carbocycles. The van der Waals surface area contributed by atoms with Gasteiger partial charge in [0, 0.05) is 63.1 Å². The molecule has 0 radical (unpaired) electrons. The number of rotatable bonds is 14. The summed E-state index contributed by atoms with van der Waals surface area (Å²) in [6, 6.07) is 87.6. The van der Waals surface area contributed by atoms with Gasteiger partial charge in [0.1, 0.15) is 0 Å². The fourth-order valence-electron chi connectivity index (χ4n) is 11.4. The zero-order valence-electron chi connectivity index (χ0n) is 52.2. The van der Waals surface area contributed by atoms with E-state index in [1.807, 2.05) is 12.1 Å². The van der Waals surface area contributed by atoms with Gasteiger partial charge in [-0.15, -0.1) is 69.7 Å². The van der Waals surface area contributed by atoms with Crippen LogP contribution >= 0.6 is 0 Å². The van der Waals surface area contributed by atoms with Crippen LogP contribution in [-0.4, -0.2) is 9.97 Å². The molecule has 2 heterocycles. The Labute approximate surface area is 553 Å². The number of hydrogen-bond donors (Lipinski definition) is 0. The number of hydrogen-bond acceptors (Lipinski definition) is 2. The molecule has 12 rings (SSSR count). The Morgan fingerprint density at radius 2 is 0.674 bits per heavy atom. The summed E-state index contributed by atoms with van der Waals surface area (Å²) in [5.74, 6) is 1.43. The van der Waals surface area contributed by atoms with Gasteiger partial charge in [-0.05, 0) is 86.4 Å². The van der Waals surface area contributed by atoms with Crippen LogP contribution in [0.4, 0.5) is 11.4 Å². The van der Waals surface area contributed by atoms with Gasteiger partial charge in [-0.2, -0.15) is 0 Å². The van der Waals surface area contributed by atoms with Gasteiger partial charge >= 0.3 is 0 Å². The molecule has 0 saturated carbocycles. The summed E-state index contributed by atoms with van der Waals surface area (Å²) < 4.78 is 0. The molecule has 0 amide bonds. The SMILES string of the molecule is CC(C)c1cccc(C(C)C)c1[N-]C(c1cccc(-c2[c-]ccc3ccccc23)n1)c1cc2ccccc2c2ccccc12.CC(C)c1cccc(C(C)C)c1[N-]C(c1ccccc1)c1cccc(-c2[c-]ccc3ccccc23)n1.[CH3-].[CH3-].[CH3-].[CH3-].[Hf].[Hf]. The second-order valence-electron chi connectivity index (χ2n) is 22.2. The normalized spacial score (nSPS) is 11.5. The van der Waals surface area contributed by atoms with Crippen LogP contribution < -0.4 is 0 Å². The molecule has 0 bridgehead atoms. The first-order valence-corrected chi connectivity index (χ1v) is 28.4. The summed E-state index contributed by atoms with van der Waals surface area (Å²) in [5, 5.41) is 20.8.